The fourth-order valence-corrected chi connectivity index (χ4v) is 4.02. The lowest BCUT2D eigenvalue weighted by molar-refractivity contribution is 0.121. The zero-order valence-corrected chi connectivity index (χ0v) is 16.2. The first-order valence-corrected chi connectivity index (χ1v) is 10.1. The van der Waals surface area contributed by atoms with Crippen LogP contribution in [-0.2, 0) is 6.61 Å². The first-order chi connectivity index (χ1) is 13.3. The second-order valence-corrected chi connectivity index (χ2v) is 7.58. The number of nitrogens with zero attached hydrogens (tertiary/aromatic N) is 1. The summed E-state index contributed by atoms with van der Waals surface area (Å²) in [7, 11) is 1.68. The summed E-state index contributed by atoms with van der Waals surface area (Å²) in [6.45, 7) is 3.13. The van der Waals surface area contributed by atoms with Gasteiger partial charge in [0.2, 0.25) is 0 Å². The number of ether oxygens (including phenoxy) is 2. The number of hydrogen-bond donors (Lipinski definition) is 0. The first-order valence-electron chi connectivity index (χ1n) is 10.1. The molecule has 2 aromatic carbocycles. The van der Waals surface area contributed by atoms with Crippen LogP contribution in [0.15, 0.2) is 54.1 Å². The van der Waals surface area contributed by atoms with Crippen LogP contribution < -0.4 is 9.47 Å². The Kier molecular flexibility index (Phi) is 5.78. The Morgan fingerprint density at radius 2 is 1.67 bits per heavy atom. The Bertz CT molecular complexity index is 760. The fraction of sp³-hybridized carbons (Fsp3) is 0.417. The number of likely N-dealkylation sites (tertiary alicyclic amines) is 1. The van der Waals surface area contributed by atoms with E-state index >= 15 is 0 Å². The molecule has 2 fully saturated rings. The van der Waals surface area contributed by atoms with E-state index in [0.29, 0.717) is 12.6 Å². The van der Waals surface area contributed by atoms with Gasteiger partial charge in [0.1, 0.15) is 18.1 Å². The minimum Gasteiger partial charge on any atom is -0.497 e. The highest BCUT2D eigenvalue weighted by Crippen LogP contribution is 2.32. The molecule has 0 N–H and O–H groups in total. The van der Waals surface area contributed by atoms with Gasteiger partial charge in [-0.05, 0) is 74.2 Å². The van der Waals surface area contributed by atoms with E-state index in [-0.39, 0.29) is 0 Å². The third-order valence-corrected chi connectivity index (χ3v) is 5.75. The molecule has 142 valence electrons. The van der Waals surface area contributed by atoms with Crippen LogP contribution in [0.5, 0.6) is 11.5 Å². The normalized spacial score (nSPS) is 21.7. The monoisotopic (exact) mass is 363 g/mol. The van der Waals surface area contributed by atoms with E-state index < -0.39 is 0 Å². The van der Waals surface area contributed by atoms with Gasteiger partial charge in [-0.3, -0.25) is 4.90 Å². The standard InChI is InChI=1S/C24H29NO2/c1-26-22-11-9-20(10-12-22)18-27-23-13-7-19(8-14-23)17-21-5-2-3-6-24(21)25-15-4-16-25/h7-14,17,24H,2-6,15-16,18H2,1H3/b21-17+. The highest BCUT2D eigenvalue weighted by molar-refractivity contribution is 5.55. The van der Waals surface area contributed by atoms with Gasteiger partial charge in [0, 0.05) is 6.04 Å². The minimum atomic E-state index is 0.571. The Morgan fingerprint density at radius 1 is 0.926 bits per heavy atom. The maximum atomic E-state index is 5.93. The summed E-state index contributed by atoms with van der Waals surface area (Å²) < 4.78 is 11.1. The van der Waals surface area contributed by atoms with Gasteiger partial charge in [-0.15, -0.1) is 0 Å². The molecule has 2 aromatic rings. The quantitative estimate of drug-likeness (QED) is 0.694. The van der Waals surface area contributed by atoms with E-state index in [2.05, 4.69) is 35.2 Å². The first kappa shape index (κ1) is 18.1. The van der Waals surface area contributed by atoms with Crippen LogP contribution in [0.1, 0.15) is 43.2 Å². The van der Waals surface area contributed by atoms with Crippen LogP contribution in [0.25, 0.3) is 6.08 Å². The van der Waals surface area contributed by atoms with E-state index in [1.807, 2.05) is 24.3 Å². The Balaban J connectivity index is 1.37. The largest absolute Gasteiger partial charge is 0.497 e. The van der Waals surface area contributed by atoms with Gasteiger partial charge in [-0.1, -0.05) is 42.3 Å². The summed E-state index contributed by atoms with van der Waals surface area (Å²) in [5, 5.41) is 0. The molecule has 3 nitrogen and oxygen atoms in total. The topological polar surface area (TPSA) is 21.7 Å². The van der Waals surface area contributed by atoms with E-state index in [0.717, 1.165) is 17.1 Å². The molecule has 0 radical (unpaired) electrons. The maximum Gasteiger partial charge on any atom is 0.119 e. The fourth-order valence-electron chi connectivity index (χ4n) is 4.02. The van der Waals surface area contributed by atoms with E-state index in [1.165, 1.54) is 50.8 Å². The lowest BCUT2D eigenvalue weighted by Crippen LogP contribution is -2.46. The summed E-state index contributed by atoms with van der Waals surface area (Å²) in [6, 6.07) is 17.2. The van der Waals surface area contributed by atoms with Gasteiger partial charge in [0.05, 0.1) is 7.11 Å². The van der Waals surface area contributed by atoms with Crippen molar-refractivity contribution in [3.8, 4) is 11.5 Å². The van der Waals surface area contributed by atoms with E-state index in [1.54, 1.807) is 12.7 Å². The van der Waals surface area contributed by atoms with Crippen LogP contribution in [-0.4, -0.2) is 31.1 Å². The van der Waals surface area contributed by atoms with Crippen molar-refractivity contribution in [2.24, 2.45) is 0 Å². The summed E-state index contributed by atoms with van der Waals surface area (Å²) >= 11 is 0. The van der Waals surface area contributed by atoms with Gasteiger partial charge in [-0.25, -0.2) is 0 Å². The molecule has 2 aliphatic rings. The van der Waals surface area contributed by atoms with Crippen LogP contribution in [0, 0.1) is 0 Å². The smallest absolute Gasteiger partial charge is 0.119 e. The molecule has 4 rings (SSSR count). The third kappa shape index (κ3) is 4.54. The van der Waals surface area contributed by atoms with Gasteiger partial charge < -0.3 is 9.47 Å². The maximum absolute atomic E-state index is 5.93. The molecule has 27 heavy (non-hydrogen) atoms. The van der Waals surface area contributed by atoms with E-state index in [9.17, 15) is 0 Å². The number of benzene rings is 2. The van der Waals surface area contributed by atoms with Crippen molar-refractivity contribution in [3.05, 3.63) is 65.2 Å². The Morgan fingerprint density at radius 3 is 2.33 bits per heavy atom. The number of hydrogen-bond acceptors (Lipinski definition) is 3. The van der Waals surface area contributed by atoms with Gasteiger partial charge in [-0.2, -0.15) is 0 Å². The Labute approximate surface area is 162 Å². The molecule has 1 atom stereocenters. The van der Waals surface area contributed by atoms with Crippen molar-refractivity contribution < 1.29 is 9.47 Å². The molecule has 1 saturated heterocycles. The van der Waals surface area contributed by atoms with Crippen molar-refractivity contribution in [1.29, 1.82) is 0 Å². The van der Waals surface area contributed by atoms with Crippen LogP contribution in [0.3, 0.4) is 0 Å². The predicted molar refractivity (Wildman–Crippen MR) is 110 cm³/mol. The molecular formula is C24H29NO2. The predicted octanol–water partition coefficient (Wildman–Crippen LogP) is 5.31. The zero-order valence-electron chi connectivity index (χ0n) is 16.2. The number of rotatable bonds is 6. The minimum absolute atomic E-state index is 0.571. The molecule has 0 spiro atoms. The van der Waals surface area contributed by atoms with Gasteiger partial charge >= 0.3 is 0 Å². The van der Waals surface area contributed by atoms with Crippen molar-refractivity contribution in [2.75, 3.05) is 20.2 Å². The molecule has 0 bridgehead atoms. The summed E-state index contributed by atoms with van der Waals surface area (Å²) in [6.07, 6.45) is 9.06. The summed E-state index contributed by atoms with van der Waals surface area (Å²) in [5.41, 5.74) is 4.05. The summed E-state index contributed by atoms with van der Waals surface area (Å²) in [5.74, 6) is 1.78. The average molecular weight is 364 g/mol. The molecule has 3 heteroatoms. The molecule has 1 unspecified atom stereocenters. The average Bonchev–Trinajstić information content (AvgIpc) is 2.68. The number of methoxy groups -OCH3 is 1. The second kappa shape index (κ2) is 8.62. The van der Waals surface area contributed by atoms with Gasteiger partial charge in [0.25, 0.3) is 0 Å². The molecular weight excluding hydrogens is 334 g/mol. The van der Waals surface area contributed by atoms with Crippen molar-refractivity contribution in [2.45, 2.75) is 44.8 Å². The van der Waals surface area contributed by atoms with Crippen LogP contribution in [0.4, 0.5) is 0 Å². The van der Waals surface area contributed by atoms with Crippen molar-refractivity contribution in [3.63, 3.8) is 0 Å². The molecule has 0 amide bonds. The third-order valence-electron chi connectivity index (χ3n) is 5.75. The molecule has 0 aromatic heterocycles. The molecule has 1 aliphatic carbocycles. The van der Waals surface area contributed by atoms with E-state index in [4.69, 9.17) is 9.47 Å². The second-order valence-electron chi connectivity index (χ2n) is 7.58. The molecule has 1 saturated carbocycles. The summed E-state index contributed by atoms with van der Waals surface area (Å²) in [4.78, 5) is 2.65. The van der Waals surface area contributed by atoms with Crippen LogP contribution >= 0.6 is 0 Å². The van der Waals surface area contributed by atoms with Gasteiger partial charge in [0.15, 0.2) is 0 Å². The lowest BCUT2D eigenvalue weighted by atomic mass is 9.86. The molecule has 1 heterocycles. The lowest BCUT2D eigenvalue weighted by Gasteiger charge is -2.42. The zero-order chi connectivity index (χ0) is 18.5. The molecule has 1 aliphatic heterocycles. The highest BCUT2D eigenvalue weighted by Gasteiger charge is 2.28. The highest BCUT2D eigenvalue weighted by atomic mass is 16.5. The van der Waals surface area contributed by atoms with Crippen molar-refractivity contribution >= 4 is 6.08 Å². The van der Waals surface area contributed by atoms with Crippen LogP contribution in [0.2, 0.25) is 0 Å². The Hall–Kier alpha value is -2.26. The SMILES string of the molecule is COc1ccc(COc2ccc(/C=C3\CCCCC3N3CCC3)cc2)cc1. The van der Waals surface area contributed by atoms with Crippen molar-refractivity contribution in [1.82, 2.24) is 4.90 Å².